The highest BCUT2D eigenvalue weighted by Crippen LogP contribution is 2.22. The Morgan fingerprint density at radius 3 is 3.00 bits per heavy atom. The molecule has 0 saturated carbocycles. The predicted octanol–water partition coefficient (Wildman–Crippen LogP) is 3.37. The lowest BCUT2D eigenvalue weighted by Gasteiger charge is -2.03. The van der Waals surface area contributed by atoms with Crippen molar-refractivity contribution in [3.8, 4) is 0 Å². The van der Waals surface area contributed by atoms with Crippen LogP contribution in [0.5, 0.6) is 0 Å². The summed E-state index contributed by atoms with van der Waals surface area (Å²) in [6, 6.07) is 12.0. The van der Waals surface area contributed by atoms with Gasteiger partial charge in [0.2, 0.25) is 5.16 Å². The summed E-state index contributed by atoms with van der Waals surface area (Å²) in [7, 11) is 0. The lowest BCUT2D eigenvalue weighted by Crippen LogP contribution is -2.03. The van der Waals surface area contributed by atoms with Crippen LogP contribution in [0.3, 0.4) is 0 Å². The second kappa shape index (κ2) is 6.23. The Morgan fingerprint density at radius 2 is 2.20 bits per heavy atom. The van der Waals surface area contributed by atoms with E-state index in [-0.39, 0.29) is 0 Å². The van der Waals surface area contributed by atoms with Gasteiger partial charge in [-0.05, 0) is 40.3 Å². The van der Waals surface area contributed by atoms with E-state index in [4.69, 9.17) is 4.42 Å². The molecule has 2 heterocycles. The molecule has 0 aliphatic heterocycles. The third kappa shape index (κ3) is 3.29. The molecule has 0 spiro atoms. The Bertz CT molecular complexity index is 683. The van der Waals surface area contributed by atoms with Crippen molar-refractivity contribution in [1.82, 2.24) is 20.2 Å². The molecule has 0 fully saturated rings. The maximum atomic E-state index is 5.31. The number of furan rings is 1. The molecule has 0 radical (unpaired) electrons. The quantitative estimate of drug-likeness (QED) is 0.660. The Balaban J connectivity index is 1.67. The van der Waals surface area contributed by atoms with Crippen molar-refractivity contribution in [2.75, 3.05) is 0 Å². The molecule has 0 N–H and O–H groups in total. The number of aromatic nitrogens is 4. The van der Waals surface area contributed by atoms with Crippen LogP contribution in [0.1, 0.15) is 11.3 Å². The largest absolute Gasteiger partial charge is 0.467 e. The van der Waals surface area contributed by atoms with E-state index in [2.05, 4.69) is 43.6 Å². The van der Waals surface area contributed by atoms with Crippen LogP contribution in [0.2, 0.25) is 0 Å². The first kappa shape index (κ1) is 13.4. The van der Waals surface area contributed by atoms with Gasteiger partial charge in [0.25, 0.3) is 0 Å². The van der Waals surface area contributed by atoms with Crippen molar-refractivity contribution in [3.63, 3.8) is 0 Å². The highest BCUT2D eigenvalue weighted by molar-refractivity contribution is 9.10. The number of halogens is 1. The smallest absolute Gasteiger partial charge is 0.210 e. The molecule has 3 aromatic rings. The molecule has 1 aromatic carbocycles. The third-order valence-electron chi connectivity index (χ3n) is 2.64. The van der Waals surface area contributed by atoms with E-state index < -0.39 is 0 Å². The molecular weight excluding hydrogens is 340 g/mol. The third-order valence-corrected chi connectivity index (χ3v) is 4.16. The fraction of sp³-hybridized carbons (Fsp3) is 0.154. The molecule has 0 unspecified atom stereocenters. The van der Waals surface area contributed by atoms with Crippen molar-refractivity contribution >= 4 is 27.7 Å². The normalized spacial score (nSPS) is 10.8. The van der Waals surface area contributed by atoms with Gasteiger partial charge in [0, 0.05) is 10.2 Å². The number of rotatable bonds is 5. The van der Waals surface area contributed by atoms with Crippen molar-refractivity contribution < 1.29 is 4.42 Å². The molecule has 2 aromatic heterocycles. The standard InChI is InChI=1S/C13H11BrN4OS/c14-11-4-1-3-10(7-11)9-20-13-15-16-17-18(13)8-12-5-2-6-19-12/h1-7H,8-9H2. The summed E-state index contributed by atoms with van der Waals surface area (Å²) < 4.78 is 8.12. The summed E-state index contributed by atoms with van der Waals surface area (Å²) in [4.78, 5) is 0. The van der Waals surface area contributed by atoms with Crippen LogP contribution in [0, 0.1) is 0 Å². The Labute approximate surface area is 128 Å². The Hall–Kier alpha value is -1.60. The summed E-state index contributed by atoms with van der Waals surface area (Å²) in [5.74, 6) is 1.65. The minimum absolute atomic E-state index is 0.542. The van der Waals surface area contributed by atoms with Crippen LogP contribution in [0.4, 0.5) is 0 Å². The molecule has 0 atom stereocenters. The van der Waals surface area contributed by atoms with Gasteiger partial charge in [-0.3, -0.25) is 0 Å². The summed E-state index contributed by atoms with van der Waals surface area (Å²) >= 11 is 5.07. The van der Waals surface area contributed by atoms with Crippen molar-refractivity contribution in [2.45, 2.75) is 17.5 Å². The summed E-state index contributed by atoms with van der Waals surface area (Å²) in [6.45, 7) is 0.542. The fourth-order valence-corrected chi connectivity index (χ4v) is 2.99. The predicted molar refractivity (Wildman–Crippen MR) is 79.3 cm³/mol. The lowest BCUT2D eigenvalue weighted by atomic mass is 10.2. The molecule has 0 amide bonds. The highest BCUT2D eigenvalue weighted by Gasteiger charge is 2.09. The number of thioether (sulfide) groups is 1. The van der Waals surface area contributed by atoms with E-state index in [0.717, 1.165) is 21.1 Å². The van der Waals surface area contributed by atoms with Crippen LogP contribution in [0.25, 0.3) is 0 Å². The summed E-state index contributed by atoms with van der Waals surface area (Å²) in [5, 5.41) is 12.5. The van der Waals surface area contributed by atoms with Gasteiger partial charge in [-0.25, -0.2) is 4.68 Å². The zero-order chi connectivity index (χ0) is 13.8. The van der Waals surface area contributed by atoms with Crippen LogP contribution >= 0.6 is 27.7 Å². The minimum atomic E-state index is 0.542. The van der Waals surface area contributed by atoms with E-state index in [1.807, 2.05) is 24.3 Å². The summed E-state index contributed by atoms with van der Waals surface area (Å²) in [5.41, 5.74) is 1.22. The number of nitrogens with zero attached hydrogens (tertiary/aromatic N) is 4. The molecule has 20 heavy (non-hydrogen) atoms. The molecule has 7 heteroatoms. The second-order valence-corrected chi connectivity index (χ2v) is 5.98. The Morgan fingerprint density at radius 1 is 1.25 bits per heavy atom. The van der Waals surface area contributed by atoms with Gasteiger partial charge in [0.05, 0.1) is 6.26 Å². The van der Waals surface area contributed by atoms with Gasteiger partial charge in [-0.2, -0.15) is 0 Å². The van der Waals surface area contributed by atoms with Gasteiger partial charge in [-0.1, -0.05) is 39.8 Å². The average molecular weight is 351 g/mol. The summed E-state index contributed by atoms with van der Waals surface area (Å²) in [6.07, 6.45) is 1.65. The minimum Gasteiger partial charge on any atom is -0.467 e. The highest BCUT2D eigenvalue weighted by atomic mass is 79.9. The van der Waals surface area contributed by atoms with Gasteiger partial charge in [-0.15, -0.1) is 5.10 Å². The zero-order valence-corrected chi connectivity index (χ0v) is 12.8. The van der Waals surface area contributed by atoms with E-state index in [9.17, 15) is 0 Å². The van der Waals surface area contributed by atoms with E-state index >= 15 is 0 Å². The maximum absolute atomic E-state index is 5.31. The van der Waals surface area contributed by atoms with Gasteiger partial charge >= 0.3 is 0 Å². The first-order chi connectivity index (χ1) is 9.81. The van der Waals surface area contributed by atoms with Gasteiger partial charge < -0.3 is 4.42 Å². The first-order valence-electron chi connectivity index (χ1n) is 5.97. The van der Waals surface area contributed by atoms with Crippen molar-refractivity contribution in [3.05, 3.63) is 58.5 Å². The molecule has 102 valence electrons. The van der Waals surface area contributed by atoms with E-state index in [1.165, 1.54) is 5.56 Å². The first-order valence-corrected chi connectivity index (χ1v) is 7.75. The SMILES string of the molecule is Brc1cccc(CSc2nnnn2Cc2ccco2)c1. The second-order valence-electron chi connectivity index (χ2n) is 4.12. The molecular formula is C13H11BrN4OS. The fourth-order valence-electron chi connectivity index (χ4n) is 1.72. The zero-order valence-electron chi connectivity index (χ0n) is 10.4. The monoisotopic (exact) mass is 350 g/mol. The van der Waals surface area contributed by atoms with Crippen LogP contribution in [0.15, 0.2) is 56.7 Å². The average Bonchev–Trinajstić information content (AvgIpc) is 3.09. The van der Waals surface area contributed by atoms with Crippen molar-refractivity contribution in [1.29, 1.82) is 0 Å². The van der Waals surface area contributed by atoms with E-state index in [1.54, 1.807) is 22.7 Å². The van der Waals surface area contributed by atoms with Crippen LogP contribution < -0.4 is 0 Å². The molecule has 0 aliphatic carbocycles. The Kier molecular flexibility index (Phi) is 4.17. The lowest BCUT2D eigenvalue weighted by molar-refractivity contribution is 0.462. The molecule has 0 bridgehead atoms. The number of benzene rings is 1. The topological polar surface area (TPSA) is 56.7 Å². The van der Waals surface area contributed by atoms with Crippen molar-refractivity contribution in [2.24, 2.45) is 0 Å². The molecule has 0 aliphatic rings. The van der Waals surface area contributed by atoms with Crippen LogP contribution in [-0.4, -0.2) is 20.2 Å². The van der Waals surface area contributed by atoms with Gasteiger partial charge in [0.1, 0.15) is 12.3 Å². The van der Waals surface area contributed by atoms with Crippen LogP contribution in [-0.2, 0) is 12.3 Å². The van der Waals surface area contributed by atoms with Gasteiger partial charge in [0.15, 0.2) is 0 Å². The number of hydrogen-bond acceptors (Lipinski definition) is 5. The molecule has 0 saturated heterocycles. The van der Waals surface area contributed by atoms with E-state index in [0.29, 0.717) is 6.54 Å². The molecule has 5 nitrogen and oxygen atoms in total. The number of tetrazole rings is 1. The number of hydrogen-bond donors (Lipinski definition) is 0. The maximum Gasteiger partial charge on any atom is 0.210 e. The molecule has 3 rings (SSSR count).